The SMILES string of the molecule is Cc1cc(C2=NOC(c3cc(Cl)cc(C(F)(F)F)c3)(C(F)(F)F)C2)ccc1C(=O)CN1CCCN(CC(C)(F)F)C1=O. The lowest BCUT2D eigenvalue weighted by Gasteiger charge is -2.36. The van der Waals surface area contributed by atoms with E-state index in [2.05, 4.69) is 5.16 Å². The van der Waals surface area contributed by atoms with Gasteiger partial charge in [-0.05, 0) is 48.7 Å². The van der Waals surface area contributed by atoms with Crippen molar-refractivity contribution in [3.05, 3.63) is 69.2 Å². The standard InChI is InChI=1S/C27H24ClF8N3O3/c1-15-8-16(4-5-20(15)22(40)13-38-6-3-7-39(23(38)41)14-24(2,29)30)21-12-25(42-37-21,27(34,35)36)17-9-18(26(31,32)33)11-19(28)10-17/h4-5,8-11H,3,6-7,12-14H2,1-2H3. The van der Waals surface area contributed by atoms with Crippen molar-refractivity contribution in [1.29, 1.82) is 0 Å². The van der Waals surface area contributed by atoms with Crippen molar-refractivity contribution >= 4 is 29.1 Å². The van der Waals surface area contributed by atoms with Gasteiger partial charge in [-0.2, -0.15) is 26.3 Å². The fourth-order valence-corrected chi connectivity index (χ4v) is 5.17. The summed E-state index contributed by atoms with van der Waals surface area (Å²) in [6.45, 7) is 1.29. The number of hydrogen-bond acceptors (Lipinski definition) is 4. The maximum Gasteiger partial charge on any atom is 0.435 e. The van der Waals surface area contributed by atoms with Crippen molar-refractivity contribution in [2.75, 3.05) is 26.2 Å². The predicted molar refractivity (Wildman–Crippen MR) is 136 cm³/mol. The first kappa shape index (κ1) is 31.5. The van der Waals surface area contributed by atoms with Gasteiger partial charge in [-0.25, -0.2) is 13.6 Å². The Morgan fingerprint density at radius 3 is 2.29 bits per heavy atom. The first-order valence-corrected chi connectivity index (χ1v) is 12.9. The van der Waals surface area contributed by atoms with Gasteiger partial charge in [0, 0.05) is 42.6 Å². The number of Topliss-reactive ketones (excluding diaryl/α,β-unsaturated/α-hetero) is 1. The van der Waals surface area contributed by atoms with Crippen LogP contribution in [0.15, 0.2) is 41.6 Å². The third kappa shape index (κ3) is 6.47. The normalized spacial score (nSPS) is 20.1. The second kappa shape index (κ2) is 11.0. The van der Waals surface area contributed by atoms with Crippen molar-refractivity contribution in [3.63, 3.8) is 0 Å². The molecule has 0 saturated carbocycles. The minimum absolute atomic E-state index is 0.122. The van der Waals surface area contributed by atoms with Crippen molar-refractivity contribution in [3.8, 4) is 0 Å². The molecule has 0 aliphatic carbocycles. The molecule has 0 aromatic heterocycles. The fraction of sp³-hybridized carbons (Fsp3) is 0.444. The summed E-state index contributed by atoms with van der Waals surface area (Å²) in [5, 5.41) is 2.98. The number of alkyl halides is 8. The number of rotatable bonds is 7. The van der Waals surface area contributed by atoms with E-state index in [-0.39, 0.29) is 29.9 Å². The first-order chi connectivity index (χ1) is 19.3. The minimum atomic E-state index is -5.19. The number of aryl methyl sites for hydroxylation is 1. The van der Waals surface area contributed by atoms with Crippen LogP contribution in [0.1, 0.15) is 52.4 Å². The van der Waals surface area contributed by atoms with Gasteiger partial charge in [-0.15, -0.1) is 0 Å². The van der Waals surface area contributed by atoms with Crippen molar-refractivity contribution < 1.29 is 49.5 Å². The number of hydrogen-bond donors (Lipinski definition) is 0. The highest BCUT2D eigenvalue weighted by atomic mass is 35.5. The zero-order chi connectivity index (χ0) is 31.3. The summed E-state index contributed by atoms with van der Waals surface area (Å²) in [7, 11) is 0. The Bertz CT molecular complexity index is 1420. The molecule has 2 heterocycles. The molecule has 2 aliphatic heterocycles. The van der Waals surface area contributed by atoms with Crippen LogP contribution in [0.5, 0.6) is 0 Å². The van der Waals surface area contributed by atoms with Gasteiger partial charge in [0.25, 0.3) is 11.5 Å². The van der Waals surface area contributed by atoms with Crippen LogP contribution < -0.4 is 0 Å². The Balaban J connectivity index is 1.55. The van der Waals surface area contributed by atoms with Crippen molar-refractivity contribution in [1.82, 2.24) is 9.80 Å². The largest absolute Gasteiger partial charge is 0.435 e. The summed E-state index contributed by atoms with van der Waals surface area (Å²) in [5.74, 6) is -3.64. The monoisotopic (exact) mass is 625 g/mol. The third-order valence-corrected chi connectivity index (χ3v) is 7.16. The number of amides is 2. The first-order valence-electron chi connectivity index (χ1n) is 12.6. The average Bonchev–Trinajstić information content (AvgIpc) is 3.32. The van der Waals surface area contributed by atoms with Gasteiger partial charge in [0.1, 0.15) is 0 Å². The van der Waals surface area contributed by atoms with Gasteiger partial charge in [-0.3, -0.25) is 4.79 Å². The topological polar surface area (TPSA) is 62.2 Å². The third-order valence-electron chi connectivity index (χ3n) is 6.94. The smallest absolute Gasteiger partial charge is 0.374 e. The van der Waals surface area contributed by atoms with E-state index < -0.39 is 71.4 Å². The molecule has 2 amide bonds. The molecule has 2 aliphatic rings. The Labute approximate surface area is 239 Å². The summed E-state index contributed by atoms with van der Waals surface area (Å²) < 4.78 is 110. The number of oxime groups is 1. The van der Waals surface area contributed by atoms with E-state index in [1.54, 1.807) is 0 Å². The second-order valence-electron chi connectivity index (χ2n) is 10.4. The molecule has 6 nitrogen and oxygen atoms in total. The van der Waals surface area contributed by atoms with Gasteiger partial charge < -0.3 is 14.6 Å². The van der Waals surface area contributed by atoms with Crippen LogP contribution in [0.25, 0.3) is 0 Å². The minimum Gasteiger partial charge on any atom is -0.374 e. The molecule has 4 rings (SSSR count). The predicted octanol–water partition coefficient (Wildman–Crippen LogP) is 7.22. The molecular formula is C27H24ClF8N3O3. The number of halogens is 9. The van der Waals surface area contributed by atoms with Gasteiger partial charge in [-0.1, -0.05) is 28.9 Å². The highest BCUT2D eigenvalue weighted by Gasteiger charge is 2.62. The highest BCUT2D eigenvalue weighted by molar-refractivity contribution is 6.30. The molecule has 2 aromatic carbocycles. The molecule has 1 saturated heterocycles. The van der Waals surface area contributed by atoms with Crippen molar-refractivity contribution in [2.45, 2.75) is 50.6 Å². The van der Waals surface area contributed by atoms with E-state index in [1.807, 2.05) is 0 Å². The van der Waals surface area contributed by atoms with Crippen LogP contribution in [-0.2, 0) is 16.6 Å². The van der Waals surface area contributed by atoms with Crippen LogP contribution >= 0.6 is 11.6 Å². The van der Waals surface area contributed by atoms with Crippen LogP contribution in [0.2, 0.25) is 5.02 Å². The van der Waals surface area contributed by atoms with E-state index in [1.165, 1.54) is 25.1 Å². The number of ketones is 1. The van der Waals surface area contributed by atoms with Gasteiger partial charge in [0.05, 0.1) is 24.4 Å². The summed E-state index contributed by atoms with van der Waals surface area (Å²) in [4.78, 5) is 32.6. The summed E-state index contributed by atoms with van der Waals surface area (Å²) >= 11 is 5.73. The van der Waals surface area contributed by atoms with E-state index in [0.717, 1.165) is 15.9 Å². The van der Waals surface area contributed by atoms with Crippen molar-refractivity contribution in [2.24, 2.45) is 5.16 Å². The van der Waals surface area contributed by atoms with Gasteiger partial charge >= 0.3 is 18.4 Å². The molecule has 228 valence electrons. The Morgan fingerprint density at radius 1 is 1.02 bits per heavy atom. The molecule has 2 aromatic rings. The molecule has 0 N–H and O–H groups in total. The average molecular weight is 626 g/mol. The molecule has 15 heteroatoms. The zero-order valence-corrected chi connectivity index (χ0v) is 22.9. The van der Waals surface area contributed by atoms with Crippen LogP contribution in [0, 0.1) is 6.92 Å². The maximum atomic E-state index is 14.3. The quantitative estimate of drug-likeness (QED) is 0.241. The van der Waals surface area contributed by atoms with Gasteiger partial charge in [0.15, 0.2) is 5.78 Å². The second-order valence-corrected chi connectivity index (χ2v) is 10.8. The molecule has 0 bridgehead atoms. The Morgan fingerprint density at radius 2 is 1.69 bits per heavy atom. The molecule has 1 fully saturated rings. The maximum absolute atomic E-state index is 14.3. The lowest BCUT2D eigenvalue weighted by atomic mass is 9.85. The summed E-state index contributed by atoms with van der Waals surface area (Å²) in [5.41, 5.74) is -5.17. The van der Waals surface area contributed by atoms with Crippen LogP contribution in [-0.4, -0.2) is 65.6 Å². The van der Waals surface area contributed by atoms with E-state index in [9.17, 15) is 44.7 Å². The van der Waals surface area contributed by atoms with Crippen LogP contribution in [0.4, 0.5) is 39.9 Å². The molecule has 1 atom stereocenters. The number of urea groups is 1. The summed E-state index contributed by atoms with van der Waals surface area (Å²) in [6.07, 6.45) is -10.7. The zero-order valence-electron chi connectivity index (χ0n) is 22.2. The van der Waals surface area contributed by atoms with Crippen LogP contribution in [0.3, 0.4) is 0 Å². The lowest BCUT2D eigenvalue weighted by Crippen LogP contribution is -2.53. The number of carbonyl (C=O) groups is 2. The number of benzene rings is 2. The highest BCUT2D eigenvalue weighted by Crippen LogP contribution is 2.50. The van der Waals surface area contributed by atoms with E-state index >= 15 is 0 Å². The summed E-state index contributed by atoms with van der Waals surface area (Å²) in [6, 6.07) is 4.82. The molecule has 1 unspecified atom stereocenters. The molecular weight excluding hydrogens is 602 g/mol. The Hall–Kier alpha value is -3.42. The Kier molecular flexibility index (Phi) is 8.26. The van der Waals surface area contributed by atoms with E-state index in [0.29, 0.717) is 31.0 Å². The lowest BCUT2D eigenvalue weighted by molar-refractivity contribution is -0.276. The van der Waals surface area contributed by atoms with E-state index in [4.69, 9.17) is 16.4 Å². The number of carbonyl (C=O) groups excluding carboxylic acids is 2. The van der Waals surface area contributed by atoms with Gasteiger partial charge in [0.2, 0.25) is 0 Å². The molecule has 0 spiro atoms. The fourth-order valence-electron chi connectivity index (χ4n) is 4.93. The molecule has 42 heavy (non-hydrogen) atoms. The number of nitrogens with zero attached hydrogens (tertiary/aromatic N) is 3. The molecule has 0 radical (unpaired) electrons.